The van der Waals surface area contributed by atoms with E-state index < -0.39 is 0 Å². The van der Waals surface area contributed by atoms with E-state index in [0.29, 0.717) is 18.1 Å². The third-order valence-corrected chi connectivity index (χ3v) is 6.96. The summed E-state index contributed by atoms with van der Waals surface area (Å²) in [6.45, 7) is 8.63. The van der Waals surface area contributed by atoms with Crippen molar-refractivity contribution in [3.8, 4) is 5.75 Å². The molecule has 0 saturated heterocycles. The quantitative estimate of drug-likeness (QED) is 0.721. The number of aryl methyl sites for hydroxylation is 1. The largest absolute Gasteiger partial charge is 0.497 e. The van der Waals surface area contributed by atoms with Gasteiger partial charge in [-0.25, -0.2) is 0 Å². The Bertz CT molecular complexity index is 798. The van der Waals surface area contributed by atoms with E-state index in [4.69, 9.17) is 9.47 Å². The van der Waals surface area contributed by atoms with Crippen LogP contribution in [0.3, 0.4) is 0 Å². The summed E-state index contributed by atoms with van der Waals surface area (Å²) in [6, 6.07) is 6.19. The second kappa shape index (κ2) is 6.48. The van der Waals surface area contributed by atoms with Crippen molar-refractivity contribution in [1.82, 2.24) is 0 Å². The number of hydrogen-bond acceptors (Lipinski definition) is 3. The molecule has 3 heteroatoms. The van der Waals surface area contributed by atoms with Gasteiger partial charge in [0.05, 0.1) is 18.8 Å². The zero-order valence-corrected chi connectivity index (χ0v) is 17.4. The number of methoxy groups -OCH3 is 1. The van der Waals surface area contributed by atoms with Gasteiger partial charge in [-0.2, -0.15) is 0 Å². The maximum Gasteiger partial charge on any atom is 0.164 e. The molecule has 3 atom stereocenters. The molecule has 0 heterocycles. The van der Waals surface area contributed by atoms with Crippen LogP contribution in [0.25, 0.3) is 5.57 Å². The van der Waals surface area contributed by atoms with Gasteiger partial charge >= 0.3 is 0 Å². The van der Waals surface area contributed by atoms with E-state index in [9.17, 15) is 4.79 Å². The van der Waals surface area contributed by atoms with E-state index in [1.165, 1.54) is 11.1 Å². The van der Waals surface area contributed by atoms with Gasteiger partial charge < -0.3 is 9.47 Å². The molecule has 0 spiro atoms. The standard InChI is InChI=1S/C24H32O3/c1-6-24-14-20(25)22-17-10-8-16(26-5)13-15(17)7-9-18(22)19(24)11-12-21(24)27-23(2,3)4/h8,10,13,19,21H,6-7,9,11-12,14H2,1-5H3/t19-,21-,24-/m0/s1. The van der Waals surface area contributed by atoms with Gasteiger partial charge in [-0.15, -0.1) is 0 Å². The molecule has 3 nitrogen and oxygen atoms in total. The first-order valence-electron chi connectivity index (χ1n) is 10.4. The number of allylic oxidation sites excluding steroid dienone is 2. The van der Waals surface area contributed by atoms with E-state index in [2.05, 4.69) is 39.8 Å². The Morgan fingerprint density at radius 3 is 2.63 bits per heavy atom. The number of rotatable bonds is 3. The molecule has 1 aromatic rings. The van der Waals surface area contributed by atoms with Crippen LogP contribution in [0.15, 0.2) is 23.8 Å². The zero-order valence-electron chi connectivity index (χ0n) is 17.4. The molecule has 0 N–H and O–H groups in total. The summed E-state index contributed by atoms with van der Waals surface area (Å²) in [4.78, 5) is 13.4. The predicted octanol–water partition coefficient (Wildman–Crippen LogP) is 5.36. The summed E-state index contributed by atoms with van der Waals surface area (Å²) in [5.74, 6) is 1.68. The summed E-state index contributed by atoms with van der Waals surface area (Å²) in [5.41, 5.74) is 4.63. The van der Waals surface area contributed by atoms with Gasteiger partial charge in [0.1, 0.15) is 5.75 Å². The third-order valence-electron chi connectivity index (χ3n) is 6.96. The third kappa shape index (κ3) is 2.95. The van der Waals surface area contributed by atoms with E-state index in [-0.39, 0.29) is 17.1 Å². The molecule has 0 amide bonds. The van der Waals surface area contributed by atoms with Crippen molar-refractivity contribution >= 4 is 11.4 Å². The first-order valence-corrected chi connectivity index (χ1v) is 10.4. The number of hydrogen-bond donors (Lipinski definition) is 0. The van der Waals surface area contributed by atoms with E-state index >= 15 is 0 Å². The molecule has 0 aromatic heterocycles. The highest BCUT2D eigenvalue weighted by molar-refractivity contribution is 6.23. The molecule has 1 saturated carbocycles. The van der Waals surface area contributed by atoms with Gasteiger partial charge in [-0.1, -0.05) is 18.6 Å². The lowest BCUT2D eigenvalue weighted by Gasteiger charge is -2.46. The molecule has 0 bridgehead atoms. The van der Waals surface area contributed by atoms with Gasteiger partial charge in [0, 0.05) is 17.4 Å². The molecule has 1 aromatic carbocycles. The van der Waals surface area contributed by atoms with E-state index in [1.807, 2.05) is 6.07 Å². The minimum Gasteiger partial charge on any atom is -0.497 e. The molecule has 146 valence electrons. The second-order valence-electron chi connectivity index (χ2n) is 9.46. The van der Waals surface area contributed by atoms with Gasteiger partial charge in [-0.05, 0) is 82.1 Å². The minimum atomic E-state index is -0.171. The predicted molar refractivity (Wildman–Crippen MR) is 108 cm³/mol. The average Bonchev–Trinajstić information content (AvgIpc) is 2.97. The molecule has 0 aliphatic heterocycles. The van der Waals surface area contributed by atoms with E-state index in [1.54, 1.807) is 7.11 Å². The summed E-state index contributed by atoms with van der Waals surface area (Å²) < 4.78 is 11.9. The Morgan fingerprint density at radius 1 is 1.19 bits per heavy atom. The Kier molecular flexibility index (Phi) is 4.50. The van der Waals surface area contributed by atoms with Crippen LogP contribution in [0.1, 0.15) is 70.9 Å². The van der Waals surface area contributed by atoms with Crippen molar-refractivity contribution in [2.24, 2.45) is 11.3 Å². The maximum absolute atomic E-state index is 13.4. The molecule has 4 rings (SSSR count). The Hall–Kier alpha value is -1.61. The molecule has 3 aliphatic carbocycles. The highest BCUT2D eigenvalue weighted by Gasteiger charge is 2.56. The Balaban J connectivity index is 1.77. The van der Waals surface area contributed by atoms with Crippen LogP contribution >= 0.6 is 0 Å². The number of Topliss-reactive ketones (excluding diaryl/α,β-unsaturated/α-hetero) is 1. The van der Waals surface area contributed by atoms with Crippen LogP contribution in [0.2, 0.25) is 0 Å². The van der Waals surface area contributed by atoms with Crippen molar-refractivity contribution in [3.63, 3.8) is 0 Å². The number of benzene rings is 1. The van der Waals surface area contributed by atoms with Crippen molar-refractivity contribution in [3.05, 3.63) is 34.9 Å². The monoisotopic (exact) mass is 368 g/mol. The Morgan fingerprint density at radius 2 is 1.96 bits per heavy atom. The van der Waals surface area contributed by atoms with Crippen LogP contribution in [-0.4, -0.2) is 24.6 Å². The lowest BCUT2D eigenvalue weighted by molar-refractivity contribution is -0.133. The first kappa shape index (κ1) is 18.7. The SMILES string of the molecule is CC[C@]12CC(=O)C3=C(CCc4cc(OC)ccc43)[C@@H]1CC[C@@H]2OC(C)(C)C. The number of carbonyl (C=O) groups excluding carboxylic acids is 1. The van der Waals surface area contributed by atoms with Crippen molar-refractivity contribution in [2.75, 3.05) is 7.11 Å². The van der Waals surface area contributed by atoms with Crippen LogP contribution in [0, 0.1) is 11.3 Å². The summed E-state index contributed by atoms with van der Waals surface area (Å²) >= 11 is 0. The molecule has 0 radical (unpaired) electrons. The number of fused-ring (bicyclic) bond motifs is 4. The lowest BCUT2D eigenvalue weighted by Crippen LogP contribution is -2.45. The van der Waals surface area contributed by atoms with Gasteiger partial charge in [0.25, 0.3) is 0 Å². The molecular weight excluding hydrogens is 336 g/mol. The normalized spacial score (nSPS) is 30.0. The van der Waals surface area contributed by atoms with Crippen LogP contribution in [-0.2, 0) is 16.0 Å². The highest BCUT2D eigenvalue weighted by atomic mass is 16.5. The second-order valence-corrected chi connectivity index (χ2v) is 9.46. The molecule has 27 heavy (non-hydrogen) atoms. The molecule has 0 unspecified atom stereocenters. The highest BCUT2D eigenvalue weighted by Crippen LogP contribution is 2.60. The number of carbonyl (C=O) groups is 1. The minimum absolute atomic E-state index is 0.0207. The first-order chi connectivity index (χ1) is 12.8. The Labute approximate surface area is 163 Å². The van der Waals surface area contributed by atoms with Crippen LogP contribution < -0.4 is 4.74 Å². The fourth-order valence-corrected chi connectivity index (χ4v) is 5.86. The zero-order chi connectivity index (χ0) is 19.4. The lowest BCUT2D eigenvalue weighted by atomic mass is 9.60. The molecular formula is C24H32O3. The van der Waals surface area contributed by atoms with Gasteiger partial charge in [0.2, 0.25) is 0 Å². The van der Waals surface area contributed by atoms with Gasteiger partial charge in [-0.3, -0.25) is 4.79 Å². The molecule has 1 fully saturated rings. The van der Waals surface area contributed by atoms with Crippen molar-refractivity contribution in [2.45, 2.75) is 77.9 Å². The maximum atomic E-state index is 13.4. The summed E-state index contributed by atoms with van der Waals surface area (Å²) in [5, 5.41) is 0. The van der Waals surface area contributed by atoms with Gasteiger partial charge in [0.15, 0.2) is 5.78 Å². The van der Waals surface area contributed by atoms with Crippen LogP contribution in [0.4, 0.5) is 0 Å². The fraction of sp³-hybridized carbons (Fsp3) is 0.625. The van der Waals surface area contributed by atoms with Crippen molar-refractivity contribution < 1.29 is 14.3 Å². The fourth-order valence-electron chi connectivity index (χ4n) is 5.86. The molecule has 3 aliphatic rings. The summed E-state index contributed by atoms with van der Waals surface area (Å²) in [7, 11) is 1.70. The number of ketones is 1. The summed E-state index contributed by atoms with van der Waals surface area (Å²) in [6.07, 6.45) is 6.02. The topological polar surface area (TPSA) is 35.5 Å². The number of ether oxygens (including phenoxy) is 2. The smallest absolute Gasteiger partial charge is 0.164 e. The van der Waals surface area contributed by atoms with Crippen LogP contribution in [0.5, 0.6) is 5.75 Å². The average molecular weight is 369 g/mol. The van der Waals surface area contributed by atoms with Crippen molar-refractivity contribution in [1.29, 1.82) is 0 Å². The van der Waals surface area contributed by atoms with E-state index in [0.717, 1.165) is 49.0 Å².